The molecule has 1 aliphatic rings. The lowest BCUT2D eigenvalue weighted by atomic mass is 9.94. The first-order chi connectivity index (χ1) is 8.53. The van der Waals surface area contributed by atoms with Gasteiger partial charge < -0.3 is 19.7 Å². The summed E-state index contributed by atoms with van der Waals surface area (Å²) in [6.07, 6.45) is 2.57. The number of hydrogen-bond acceptors (Lipinski definition) is 4. The second-order valence-electron chi connectivity index (χ2n) is 5.87. The molecule has 0 aliphatic carbocycles. The summed E-state index contributed by atoms with van der Waals surface area (Å²) in [4.78, 5) is 2.54. The predicted molar refractivity (Wildman–Crippen MR) is 75.0 cm³/mol. The maximum atomic E-state index is 5.59. The molecule has 0 saturated carbocycles. The van der Waals surface area contributed by atoms with Crippen LogP contribution in [0.4, 0.5) is 0 Å². The number of likely N-dealkylation sites (N-methyl/N-ethyl adjacent to an activating group) is 1. The number of methoxy groups -OCH3 is 2. The van der Waals surface area contributed by atoms with Crippen LogP contribution in [0.25, 0.3) is 0 Å². The number of piperidine rings is 1. The fraction of sp³-hybridized carbons (Fsp3) is 1.00. The standard InChI is InChI=1S/C14H30N2O2/c1-14(2,18-5)13(15-3)10-16-8-6-7-12(9-16)11-17-4/h12-13,15H,6-11H2,1-5H3. The Balaban J connectivity index is 2.49. The van der Waals surface area contributed by atoms with Crippen molar-refractivity contribution in [2.24, 2.45) is 5.92 Å². The monoisotopic (exact) mass is 258 g/mol. The van der Waals surface area contributed by atoms with Crippen LogP contribution >= 0.6 is 0 Å². The van der Waals surface area contributed by atoms with E-state index in [0.29, 0.717) is 12.0 Å². The molecule has 1 rings (SSSR count). The Morgan fingerprint density at radius 3 is 2.67 bits per heavy atom. The molecule has 2 atom stereocenters. The van der Waals surface area contributed by atoms with E-state index in [-0.39, 0.29) is 5.60 Å². The van der Waals surface area contributed by atoms with E-state index >= 15 is 0 Å². The molecule has 1 fully saturated rings. The van der Waals surface area contributed by atoms with E-state index in [9.17, 15) is 0 Å². The highest BCUT2D eigenvalue weighted by atomic mass is 16.5. The summed E-state index contributed by atoms with van der Waals surface area (Å²) in [6.45, 7) is 8.55. The summed E-state index contributed by atoms with van der Waals surface area (Å²) in [5.74, 6) is 0.687. The predicted octanol–water partition coefficient (Wildman–Crippen LogP) is 1.36. The van der Waals surface area contributed by atoms with Gasteiger partial charge >= 0.3 is 0 Å². The first-order valence-corrected chi connectivity index (χ1v) is 6.97. The van der Waals surface area contributed by atoms with Crippen LogP contribution < -0.4 is 5.32 Å². The third kappa shape index (κ3) is 4.50. The minimum absolute atomic E-state index is 0.136. The molecule has 0 bridgehead atoms. The quantitative estimate of drug-likeness (QED) is 0.747. The van der Waals surface area contributed by atoms with Gasteiger partial charge in [0.1, 0.15) is 0 Å². The van der Waals surface area contributed by atoms with E-state index in [1.807, 2.05) is 7.05 Å². The van der Waals surface area contributed by atoms with Gasteiger partial charge in [-0.15, -0.1) is 0 Å². The highest BCUT2D eigenvalue weighted by Gasteiger charge is 2.31. The van der Waals surface area contributed by atoms with Crippen molar-refractivity contribution in [3.05, 3.63) is 0 Å². The van der Waals surface area contributed by atoms with Gasteiger partial charge in [-0.1, -0.05) is 0 Å². The van der Waals surface area contributed by atoms with E-state index in [2.05, 4.69) is 24.1 Å². The van der Waals surface area contributed by atoms with E-state index in [1.165, 1.54) is 19.4 Å². The zero-order valence-corrected chi connectivity index (χ0v) is 12.7. The number of ether oxygens (including phenoxy) is 2. The number of nitrogens with one attached hydrogen (secondary N) is 1. The minimum atomic E-state index is -0.136. The Morgan fingerprint density at radius 1 is 1.39 bits per heavy atom. The van der Waals surface area contributed by atoms with Crippen molar-refractivity contribution in [1.29, 1.82) is 0 Å². The molecule has 1 aliphatic heterocycles. The molecule has 0 spiro atoms. The summed E-state index contributed by atoms with van der Waals surface area (Å²) in [7, 11) is 5.60. The van der Waals surface area contributed by atoms with Gasteiger partial charge in [0.25, 0.3) is 0 Å². The van der Waals surface area contributed by atoms with Crippen LogP contribution in [0.3, 0.4) is 0 Å². The second kappa shape index (κ2) is 7.43. The Bertz CT molecular complexity index is 232. The van der Waals surface area contributed by atoms with E-state index in [0.717, 1.165) is 19.7 Å². The zero-order valence-electron chi connectivity index (χ0n) is 12.7. The van der Waals surface area contributed by atoms with Gasteiger partial charge in [-0.05, 0) is 46.2 Å². The van der Waals surface area contributed by atoms with Gasteiger partial charge in [0.05, 0.1) is 12.2 Å². The molecule has 0 amide bonds. The molecule has 0 radical (unpaired) electrons. The van der Waals surface area contributed by atoms with Gasteiger partial charge in [0.2, 0.25) is 0 Å². The number of rotatable bonds is 7. The van der Waals surface area contributed by atoms with Crippen LogP contribution in [0.1, 0.15) is 26.7 Å². The van der Waals surface area contributed by atoms with Crippen molar-refractivity contribution in [3.8, 4) is 0 Å². The lowest BCUT2D eigenvalue weighted by Crippen LogP contribution is -2.54. The third-order valence-electron chi connectivity index (χ3n) is 4.16. The van der Waals surface area contributed by atoms with Crippen molar-refractivity contribution < 1.29 is 9.47 Å². The van der Waals surface area contributed by atoms with Crippen LogP contribution in [0.15, 0.2) is 0 Å². The molecule has 0 aromatic carbocycles. The van der Waals surface area contributed by atoms with Gasteiger partial charge in [0, 0.05) is 33.4 Å². The van der Waals surface area contributed by atoms with Crippen LogP contribution in [-0.4, -0.2) is 64.1 Å². The van der Waals surface area contributed by atoms with E-state index in [4.69, 9.17) is 9.47 Å². The molecule has 0 aromatic rings. The topological polar surface area (TPSA) is 33.7 Å². The van der Waals surface area contributed by atoms with Crippen molar-refractivity contribution in [3.63, 3.8) is 0 Å². The molecule has 1 saturated heterocycles. The SMILES string of the molecule is CNC(CN1CCCC(COC)C1)C(C)(C)OC. The molecule has 4 heteroatoms. The third-order valence-corrected chi connectivity index (χ3v) is 4.16. The molecule has 1 heterocycles. The molecule has 1 N–H and O–H groups in total. The summed E-state index contributed by atoms with van der Waals surface area (Å²) >= 11 is 0. The molecular weight excluding hydrogens is 228 g/mol. The van der Waals surface area contributed by atoms with E-state index < -0.39 is 0 Å². The number of hydrogen-bond donors (Lipinski definition) is 1. The highest BCUT2D eigenvalue weighted by molar-refractivity contribution is 4.88. The van der Waals surface area contributed by atoms with Crippen molar-refractivity contribution in [1.82, 2.24) is 10.2 Å². The fourth-order valence-electron chi connectivity index (χ4n) is 2.75. The van der Waals surface area contributed by atoms with Crippen LogP contribution in [-0.2, 0) is 9.47 Å². The molecule has 0 aromatic heterocycles. The average molecular weight is 258 g/mol. The van der Waals surface area contributed by atoms with Gasteiger partial charge in [-0.2, -0.15) is 0 Å². The average Bonchev–Trinajstić information content (AvgIpc) is 2.36. The van der Waals surface area contributed by atoms with Crippen LogP contribution in [0.2, 0.25) is 0 Å². The zero-order chi connectivity index (χ0) is 13.6. The first kappa shape index (κ1) is 15.9. The lowest BCUT2D eigenvalue weighted by molar-refractivity contribution is -0.0230. The van der Waals surface area contributed by atoms with Gasteiger partial charge in [-0.3, -0.25) is 0 Å². The summed E-state index contributed by atoms with van der Waals surface area (Å²) < 4.78 is 10.9. The Kier molecular flexibility index (Phi) is 6.57. The summed E-state index contributed by atoms with van der Waals surface area (Å²) in [5.41, 5.74) is -0.136. The Hall–Kier alpha value is -0.160. The fourth-order valence-corrected chi connectivity index (χ4v) is 2.75. The minimum Gasteiger partial charge on any atom is -0.384 e. The lowest BCUT2D eigenvalue weighted by Gasteiger charge is -2.39. The number of nitrogens with zero attached hydrogens (tertiary/aromatic N) is 1. The molecular formula is C14H30N2O2. The Morgan fingerprint density at radius 2 is 2.11 bits per heavy atom. The smallest absolute Gasteiger partial charge is 0.0787 e. The van der Waals surface area contributed by atoms with Gasteiger partial charge in [0.15, 0.2) is 0 Å². The normalized spacial score (nSPS) is 24.2. The number of likely N-dealkylation sites (tertiary alicyclic amines) is 1. The largest absolute Gasteiger partial charge is 0.384 e. The Labute approximate surface area is 112 Å². The van der Waals surface area contributed by atoms with Crippen molar-refractivity contribution in [2.45, 2.75) is 38.3 Å². The van der Waals surface area contributed by atoms with Crippen LogP contribution in [0, 0.1) is 5.92 Å². The summed E-state index contributed by atoms with van der Waals surface area (Å²) in [5, 5.41) is 3.39. The summed E-state index contributed by atoms with van der Waals surface area (Å²) in [6, 6.07) is 0.351. The van der Waals surface area contributed by atoms with Gasteiger partial charge in [-0.25, -0.2) is 0 Å². The molecule has 4 nitrogen and oxygen atoms in total. The molecule has 2 unspecified atom stereocenters. The highest BCUT2D eigenvalue weighted by Crippen LogP contribution is 2.20. The van der Waals surface area contributed by atoms with Crippen LogP contribution in [0.5, 0.6) is 0 Å². The molecule has 18 heavy (non-hydrogen) atoms. The first-order valence-electron chi connectivity index (χ1n) is 6.97. The van der Waals surface area contributed by atoms with Crippen molar-refractivity contribution >= 4 is 0 Å². The second-order valence-corrected chi connectivity index (χ2v) is 5.87. The van der Waals surface area contributed by atoms with E-state index in [1.54, 1.807) is 14.2 Å². The maximum Gasteiger partial charge on any atom is 0.0787 e. The molecule has 108 valence electrons. The maximum absolute atomic E-state index is 5.59. The van der Waals surface area contributed by atoms with Crippen molar-refractivity contribution in [2.75, 3.05) is 47.5 Å².